The monoisotopic (exact) mass is 218 g/mol. The summed E-state index contributed by atoms with van der Waals surface area (Å²) in [5, 5.41) is 0. The van der Waals surface area contributed by atoms with Crippen LogP contribution in [0.25, 0.3) is 0 Å². The van der Waals surface area contributed by atoms with Crippen molar-refractivity contribution in [1.29, 1.82) is 0 Å². The normalized spacial score (nSPS) is 14.1. The summed E-state index contributed by atoms with van der Waals surface area (Å²) in [6.07, 6.45) is -0.501. The van der Waals surface area contributed by atoms with Crippen molar-refractivity contribution in [3.63, 3.8) is 0 Å². The van der Waals surface area contributed by atoms with E-state index in [0.717, 1.165) is 0 Å². The van der Waals surface area contributed by atoms with Gasteiger partial charge in [-0.3, -0.25) is 0 Å². The predicted molar refractivity (Wildman–Crippen MR) is 53.3 cm³/mol. The quantitative estimate of drug-likeness (QED) is 0.620. The molecule has 0 amide bonds. The van der Waals surface area contributed by atoms with Gasteiger partial charge in [0, 0.05) is 0 Å². The van der Waals surface area contributed by atoms with Crippen LogP contribution in [0.2, 0.25) is 0 Å². The molecule has 0 spiro atoms. The average Bonchev–Trinajstić information content (AvgIpc) is 2.28. The van der Waals surface area contributed by atoms with Gasteiger partial charge in [-0.15, -0.1) is 0 Å². The van der Waals surface area contributed by atoms with Crippen LogP contribution < -0.4 is 0 Å². The van der Waals surface area contributed by atoms with Crippen molar-refractivity contribution in [2.45, 2.75) is 38.9 Å². The standard InChI is InChI=1S/C10H18O5/c1-5-7(9(11)13-3)15-8(6-2)10(12)14-4/h7-8H,5-6H2,1-4H3. The third-order valence-corrected chi connectivity index (χ3v) is 2.00. The van der Waals surface area contributed by atoms with E-state index in [1.165, 1.54) is 14.2 Å². The molecule has 0 aromatic carbocycles. The van der Waals surface area contributed by atoms with Crippen molar-refractivity contribution in [1.82, 2.24) is 0 Å². The summed E-state index contributed by atoms with van der Waals surface area (Å²) < 4.78 is 14.4. The highest BCUT2D eigenvalue weighted by Crippen LogP contribution is 2.09. The molecule has 88 valence electrons. The van der Waals surface area contributed by atoms with Gasteiger partial charge in [-0.25, -0.2) is 9.59 Å². The lowest BCUT2D eigenvalue weighted by atomic mass is 10.2. The first-order valence-electron chi connectivity index (χ1n) is 4.91. The number of hydrogen-bond acceptors (Lipinski definition) is 5. The SMILES string of the molecule is CCC(OC(CC)C(=O)OC)C(=O)OC. The lowest BCUT2D eigenvalue weighted by Gasteiger charge is -2.19. The van der Waals surface area contributed by atoms with E-state index in [4.69, 9.17) is 4.74 Å². The fourth-order valence-corrected chi connectivity index (χ4v) is 1.10. The van der Waals surface area contributed by atoms with Crippen LogP contribution in [0.1, 0.15) is 26.7 Å². The zero-order chi connectivity index (χ0) is 11.8. The largest absolute Gasteiger partial charge is 0.467 e. The molecule has 0 N–H and O–H groups in total. The van der Waals surface area contributed by atoms with Gasteiger partial charge in [-0.05, 0) is 12.8 Å². The number of hydrogen-bond donors (Lipinski definition) is 0. The molecule has 2 atom stereocenters. The Labute approximate surface area is 89.7 Å². The van der Waals surface area contributed by atoms with Gasteiger partial charge in [-0.2, -0.15) is 0 Å². The lowest BCUT2D eigenvalue weighted by molar-refractivity contribution is -0.169. The smallest absolute Gasteiger partial charge is 0.334 e. The first-order valence-corrected chi connectivity index (χ1v) is 4.91. The first kappa shape index (κ1) is 13.9. The van der Waals surface area contributed by atoms with Crippen molar-refractivity contribution >= 4 is 11.9 Å². The molecule has 0 aliphatic rings. The fourth-order valence-electron chi connectivity index (χ4n) is 1.10. The molecule has 0 rings (SSSR count). The Kier molecular flexibility index (Phi) is 6.70. The molecule has 0 saturated carbocycles. The second kappa shape index (κ2) is 7.23. The minimum absolute atomic E-state index is 0.458. The minimum atomic E-state index is -0.709. The molecule has 0 heterocycles. The van der Waals surface area contributed by atoms with Crippen LogP contribution in [0.5, 0.6) is 0 Å². The zero-order valence-corrected chi connectivity index (χ0v) is 9.61. The second-order valence-corrected chi connectivity index (χ2v) is 2.98. The molecule has 0 bridgehead atoms. The van der Waals surface area contributed by atoms with E-state index in [2.05, 4.69) is 9.47 Å². The average molecular weight is 218 g/mol. The van der Waals surface area contributed by atoms with Gasteiger partial charge >= 0.3 is 11.9 Å². The van der Waals surface area contributed by atoms with E-state index >= 15 is 0 Å². The van der Waals surface area contributed by atoms with Gasteiger partial charge < -0.3 is 14.2 Å². The van der Waals surface area contributed by atoms with Crippen LogP contribution in [-0.2, 0) is 23.8 Å². The van der Waals surface area contributed by atoms with E-state index in [1.807, 2.05) is 0 Å². The highest BCUT2D eigenvalue weighted by Gasteiger charge is 2.26. The molecule has 0 aliphatic carbocycles. The zero-order valence-electron chi connectivity index (χ0n) is 9.61. The molecule has 0 fully saturated rings. The highest BCUT2D eigenvalue weighted by atomic mass is 16.6. The summed E-state index contributed by atoms with van der Waals surface area (Å²) >= 11 is 0. The van der Waals surface area contributed by atoms with Crippen molar-refractivity contribution in [3.05, 3.63) is 0 Å². The Balaban J connectivity index is 4.36. The van der Waals surface area contributed by atoms with Crippen molar-refractivity contribution in [2.75, 3.05) is 14.2 Å². The molecular formula is C10H18O5. The molecule has 5 heteroatoms. The second-order valence-electron chi connectivity index (χ2n) is 2.98. The molecule has 2 unspecified atom stereocenters. The number of carbonyl (C=O) groups excluding carboxylic acids is 2. The lowest BCUT2D eigenvalue weighted by Crippen LogP contribution is -2.34. The van der Waals surface area contributed by atoms with Gasteiger partial charge in [0.25, 0.3) is 0 Å². The third-order valence-electron chi connectivity index (χ3n) is 2.00. The molecule has 5 nitrogen and oxygen atoms in total. The van der Waals surface area contributed by atoms with Crippen LogP contribution in [-0.4, -0.2) is 38.4 Å². The molecule has 0 radical (unpaired) electrons. The van der Waals surface area contributed by atoms with E-state index in [1.54, 1.807) is 13.8 Å². The maximum Gasteiger partial charge on any atom is 0.334 e. The number of ether oxygens (including phenoxy) is 3. The molecule has 15 heavy (non-hydrogen) atoms. The third kappa shape index (κ3) is 4.29. The summed E-state index contributed by atoms with van der Waals surface area (Å²) in [6.45, 7) is 3.57. The summed E-state index contributed by atoms with van der Waals surface area (Å²) in [7, 11) is 2.57. The molecular weight excluding hydrogens is 200 g/mol. The number of carbonyl (C=O) groups is 2. The van der Waals surface area contributed by atoms with Crippen LogP contribution in [0.3, 0.4) is 0 Å². The van der Waals surface area contributed by atoms with Crippen molar-refractivity contribution in [2.24, 2.45) is 0 Å². The maximum absolute atomic E-state index is 11.2. The van der Waals surface area contributed by atoms with Gasteiger partial charge in [0.05, 0.1) is 14.2 Å². The molecule has 0 aromatic heterocycles. The van der Waals surface area contributed by atoms with E-state index < -0.39 is 24.1 Å². The highest BCUT2D eigenvalue weighted by molar-refractivity contribution is 5.77. The summed E-state index contributed by atoms with van der Waals surface area (Å²) in [4.78, 5) is 22.4. The number of methoxy groups -OCH3 is 2. The molecule has 0 aliphatic heterocycles. The van der Waals surface area contributed by atoms with E-state index in [9.17, 15) is 9.59 Å². The van der Waals surface area contributed by atoms with Crippen LogP contribution in [0, 0.1) is 0 Å². The Hall–Kier alpha value is -1.10. The van der Waals surface area contributed by atoms with E-state index in [-0.39, 0.29) is 0 Å². The minimum Gasteiger partial charge on any atom is -0.467 e. The number of rotatable bonds is 6. The summed E-state index contributed by atoms with van der Waals surface area (Å²) in [5.41, 5.74) is 0. The number of esters is 2. The first-order chi connectivity index (χ1) is 7.10. The Morgan fingerprint density at radius 2 is 1.27 bits per heavy atom. The Bertz CT molecular complexity index is 192. The topological polar surface area (TPSA) is 61.8 Å². The van der Waals surface area contributed by atoms with Gasteiger partial charge in [0.15, 0.2) is 12.2 Å². The molecule has 0 saturated heterocycles. The van der Waals surface area contributed by atoms with E-state index in [0.29, 0.717) is 12.8 Å². The summed E-state index contributed by atoms with van der Waals surface area (Å²) in [6, 6.07) is 0. The fraction of sp³-hybridized carbons (Fsp3) is 0.800. The van der Waals surface area contributed by atoms with Crippen molar-refractivity contribution in [3.8, 4) is 0 Å². The molecule has 0 aromatic rings. The van der Waals surface area contributed by atoms with Gasteiger partial charge in [0.1, 0.15) is 0 Å². The van der Waals surface area contributed by atoms with Crippen LogP contribution in [0.4, 0.5) is 0 Å². The summed E-state index contributed by atoms with van der Waals surface area (Å²) in [5.74, 6) is -0.945. The van der Waals surface area contributed by atoms with Gasteiger partial charge in [0.2, 0.25) is 0 Å². The maximum atomic E-state index is 11.2. The Morgan fingerprint density at radius 1 is 0.933 bits per heavy atom. The van der Waals surface area contributed by atoms with Crippen LogP contribution in [0.15, 0.2) is 0 Å². The van der Waals surface area contributed by atoms with Crippen LogP contribution >= 0.6 is 0 Å². The van der Waals surface area contributed by atoms with Crippen molar-refractivity contribution < 1.29 is 23.8 Å². The van der Waals surface area contributed by atoms with Gasteiger partial charge in [-0.1, -0.05) is 13.8 Å². The Morgan fingerprint density at radius 3 is 1.47 bits per heavy atom. The predicted octanol–water partition coefficient (Wildman–Crippen LogP) is 0.906.